The minimum atomic E-state index is -0.227. The molecule has 0 aromatic heterocycles. The molecule has 0 amide bonds. The minimum Gasteiger partial charge on any atom is -0.497 e. The summed E-state index contributed by atoms with van der Waals surface area (Å²) in [6.45, 7) is 4.51. The second-order valence-corrected chi connectivity index (χ2v) is 7.04. The van der Waals surface area contributed by atoms with Gasteiger partial charge in [-0.15, -0.1) is 0 Å². The Kier molecular flexibility index (Phi) is 8.51. The van der Waals surface area contributed by atoms with Crippen molar-refractivity contribution in [3.05, 3.63) is 65.2 Å². The van der Waals surface area contributed by atoms with Crippen LogP contribution in [0, 0.1) is 6.92 Å². The molecule has 0 spiro atoms. The van der Waals surface area contributed by atoms with Crippen molar-refractivity contribution in [2.75, 3.05) is 26.0 Å². The highest BCUT2D eigenvalue weighted by molar-refractivity contribution is 7.98. The van der Waals surface area contributed by atoms with Crippen molar-refractivity contribution in [3.8, 4) is 5.75 Å². The molecule has 0 aliphatic carbocycles. The lowest BCUT2D eigenvalue weighted by Gasteiger charge is -2.19. The summed E-state index contributed by atoms with van der Waals surface area (Å²) in [5, 5.41) is 3.32. The first kappa shape index (κ1) is 20.3. The minimum absolute atomic E-state index is 0.0701. The Hall–Kier alpha value is -1.98. The summed E-state index contributed by atoms with van der Waals surface area (Å²) >= 11 is 1.84. The average Bonchev–Trinajstić information content (AvgIpc) is 2.66. The molecule has 1 N–H and O–H groups in total. The number of benzene rings is 2. The number of nitrogens with one attached hydrogen (secondary N) is 1. The van der Waals surface area contributed by atoms with Crippen molar-refractivity contribution in [1.29, 1.82) is 0 Å². The number of hydrogen-bond acceptors (Lipinski definition) is 5. The lowest BCUT2D eigenvalue weighted by molar-refractivity contribution is -0.142. The number of hydrogen-bond donors (Lipinski definition) is 1. The number of carbonyl (C=O) groups is 1. The molecule has 0 aliphatic heterocycles. The maximum Gasteiger partial charge on any atom is 0.319 e. The van der Waals surface area contributed by atoms with Gasteiger partial charge in [0, 0.05) is 17.5 Å². The highest BCUT2D eigenvalue weighted by Crippen LogP contribution is 2.23. The fourth-order valence-corrected chi connectivity index (χ4v) is 3.60. The van der Waals surface area contributed by atoms with E-state index in [4.69, 9.17) is 9.47 Å². The van der Waals surface area contributed by atoms with Gasteiger partial charge in [-0.05, 0) is 37.1 Å². The van der Waals surface area contributed by atoms with Gasteiger partial charge in [-0.25, -0.2) is 0 Å². The fraction of sp³-hybridized carbons (Fsp3) is 0.381. The van der Waals surface area contributed by atoms with Crippen LogP contribution >= 0.6 is 11.8 Å². The van der Waals surface area contributed by atoms with Crippen LogP contribution in [0.25, 0.3) is 0 Å². The summed E-state index contributed by atoms with van der Waals surface area (Å²) in [4.78, 5) is 11.7. The third kappa shape index (κ3) is 6.73. The standard InChI is InChI=1S/C21H27NO3S/c1-4-25-21(23)13-22-20(18-9-11-19(24-3)12-10-18)15-26-14-17-7-5-16(2)6-8-17/h5-12,20,22H,4,13-15H2,1-3H3. The van der Waals surface area contributed by atoms with Gasteiger partial charge in [-0.3, -0.25) is 10.1 Å². The van der Waals surface area contributed by atoms with Crippen LogP contribution in [0.3, 0.4) is 0 Å². The van der Waals surface area contributed by atoms with Crippen LogP contribution in [0.4, 0.5) is 0 Å². The summed E-state index contributed by atoms with van der Waals surface area (Å²) < 4.78 is 10.2. The number of carbonyl (C=O) groups excluding carboxylic acids is 1. The number of ether oxygens (including phenoxy) is 2. The largest absolute Gasteiger partial charge is 0.497 e. The third-order valence-electron chi connectivity index (χ3n) is 3.99. The lowest BCUT2D eigenvalue weighted by Crippen LogP contribution is -2.30. The highest BCUT2D eigenvalue weighted by atomic mass is 32.2. The molecule has 26 heavy (non-hydrogen) atoms. The maximum absolute atomic E-state index is 11.7. The van der Waals surface area contributed by atoms with E-state index in [2.05, 4.69) is 36.5 Å². The molecule has 1 unspecified atom stereocenters. The average molecular weight is 374 g/mol. The predicted molar refractivity (Wildman–Crippen MR) is 108 cm³/mol. The summed E-state index contributed by atoms with van der Waals surface area (Å²) in [5.41, 5.74) is 3.71. The van der Waals surface area contributed by atoms with E-state index in [1.807, 2.05) is 43.0 Å². The van der Waals surface area contributed by atoms with Gasteiger partial charge in [-0.1, -0.05) is 42.0 Å². The Bertz CT molecular complexity index is 671. The quantitative estimate of drug-likeness (QED) is 0.635. The molecule has 0 saturated heterocycles. The number of thioether (sulfide) groups is 1. The molecule has 5 heteroatoms. The third-order valence-corrected chi connectivity index (χ3v) is 5.10. The van der Waals surface area contributed by atoms with E-state index < -0.39 is 0 Å². The van der Waals surface area contributed by atoms with Crippen LogP contribution in [0.15, 0.2) is 48.5 Å². The first-order chi connectivity index (χ1) is 12.6. The van der Waals surface area contributed by atoms with Gasteiger partial charge in [0.1, 0.15) is 5.75 Å². The predicted octanol–water partition coefficient (Wildman–Crippen LogP) is 4.13. The van der Waals surface area contributed by atoms with Gasteiger partial charge >= 0.3 is 5.97 Å². The van der Waals surface area contributed by atoms with Gasteiger partial charge in [-0.2, -0.15) is 11.8 Å². The van der Waals surface area contributed by atoms with Crippen molar-refractivity contribution >= 4 is 17.7 Å². The second kappa shape index (κ2) is 10.9. The van der Waals surface area contributed by atoms with E-state index in [9.17, 15) is 4.79 Å². The van der Waals surface area contributed by atoms with E-state index in [0.717, 1.165) is 22.8 Å². The van der Waals surface area contributed by atoms with Crippen LogP contribution in [0.1, 0.15) is 29.7 Å². The van der Waals surface area contributed by atoms with Crippen LogP contribution in [0.2, 0.25) is 0 Å². The molecule has 2 rings (SSSR count). The molecule has 2 aromatic carbocycles. The van der Waals surface area contributed by atoms with Gasteiger partial charge < -0.3 is 9.47 Å². The Labute approximate surface area is 160 Å². The van der Waals surface area contributed by atoms with E-state index >= 15 is 0 Å². The van der Waals surface area contributed by atoms with Crippen molar-refractivity contribution in [3.63, 3.8) is 0 Å². The van der Waals surface area contributed by atoms with E-state index in [0.29, 0.717) is 6.61 Å². The number of esters is 1. The molecule has 1 atom stereocenters. The molecule has 0 aliphatic rings. The second-order valence-electron chi connectivity index (χ2n) is 6.01. The lowest BCUT2D eigenvalue weighted by atomic mass is 10.1. The van der Waals surface area contributed by atoms with Crippen molar-refractivity contribution < 1.29 is 14.3 Å². The summed E-state index contributed by atoms with van der Waals surface area (Å²) in [6, 6.07) is 16.6. The van der Waals surface area contributed by atoms with Gasteiger partial charge in [0.05, 0.1) is 20.3 Å². The van der Waals surface area contributed by atoms with Gasteiger partial charge in [0.25, 0.3) is 0 Å². The molecular formula is C21H27NO3S. The van der Waals surface area contributed by atoms with E-state index in [-0.39, 0.29) is 18.6 Å². The highest BCUT2D eigenvalue weighted by Gasteiger charge is 2.14. The van der Waals surface area contributed by atoms with Gasteiger partial charge in [0.2, 0.25) is 0 Å². The molecule has 2 aromatic rings. The zero-order chi connectivity index (χ0) is 18.8. The zero-order valence-corrected chi connectivity index (χ0v) is 16.5. The van der Waals surface area contributed by atoms with Crippen LogP contribution < -0.4 is 10.1 Å². The molecule has 0 radical (unpaired) electrons. The molecule has 4 nitrogen and oxygen atoms in total. The van der Waals surface area contributed by atoms with Crippen LogP contribution in [-0.4, -0.2) is 32.0 Å². The molecule has 140 valence electrons. The number of rotatable bonds is 10. The summed E-state index contributed by atoms with van der Waals surface area (Å²) in [7, 11) is 1.66. The fourth-order valence-electron chi connectivity index (χ4n) is 2.51. The van der Waals surface area contributed by atoms with Crippen molar-refractivity contribution in [1.82, 2.24) is 5.32 Å². The maximum atomic E-state index is 11.7. The first-order valence-electron chi connectivity index (χ1n) is 8.78. The van der Waals surface area contributed by atoms with Crippen molar-refractivity contribution in [2.24, 2.45) is 0 Å². The first-order valence-corrected chi connectivity index (χ1v) is 9.94. The molecular weight excluding hydrogens is 346 g/mol. The van der Waals surface area contributed by atoms with Crippen LogP contribution in [0.5, 0.6) is 5.75 Å². The molecule has 0 bridgehead atoms. The Morgan fingerprint density at radius 1 is 1.12 bits per heavy atom. The molecule has 0 heterocycles. The Balaban J connectivity index is 1.96. The Morgan fingerprint density at radius 3 is 2.42 bits per heavy atom. The summed E-state index contributed by atoms with van der Waals surface area (Å²) in [5.74, 6) is 2.40. The molecule has 0 saturated carbocycles. The monoisotopic (exact) mass is 373 g/mol. The zero-order valence-electron chi connectivity index (χ0n) is 15.7. The molecule has 0 fully saturated rings. The van der Waals surface area contributed by atoms with E-state index in [1.54, 1.807) is 7.11 Å². The normalized spacial score (nSPS) is 11.8. The van der Waals surface area contributed by atoms with Gasteiger partial charge in [0.15, 0.2) is 0 Å². The number of aryl methyl sites for hydroxylation is 1. The Morgan fingerprint density at radius 2 is 1.81 bits per heavy atom. The SMILES string of the molecule is CCOC(=O)CNC(CSCc1ccc(C)cc1)c1ccc(OC)cc1. The smallest absolute Gasteiger partial charge is 0.319 e. The number of methoxy groups -OCH3 is 1. The topological polar surface area (TPSA) is 47.6 Å². The summed E-state index contributed by atoms with van der Waals surface area (Å²) in [6.07, 6.45) is 0. The van der Waals surface area contributed by atoms with Crippen molar-refractivity contribution in [2.45, 2.75) is 25.6 Å². The van der Waals surface area contributed by atoms with E-state index in [1.165, 1.54) is 11.1 Å². The van der Waals surface area contributed by atoms with Crippen LogP contribution in [-0.2, 0) is 15.3 Å².